The van der Waals surface area contributed by atoms with Crippen LogP contribution in [0.25, 0.3) is 22.4 Å². The molecule has 35 heavy (non-hydrogen) atoms. The van der Waals surface area contributed by atoms with E-state index >= 15 is 0 Å². The highest BCUT2D eigenvalue weighted by atomic mass is 35.5. The Balaban J connectivity index is 1.34. The van der Waals surface area contributed by atoms with Crippen molar-refractivity contribution in [3.8, 4) is 17.2 Å². The summed E-state index contributed by atoms with van der Waals surface area (Å²) in [5.41, 5.74) is 1.21. The molecule has 0 bridgehead atoms. The molecule has 2 aromatic carbocycles. The number of carbonyl (C=O) groups is 1. The van der Waals surface area contributed by atoms with E-state index in [1.807, 2.05) is 31.2 Å². The molecule has 8 nitrogen and oxygen atoms in total. The summed E-state index contributed by atoms with van der Waals surface area (Å²) in [4.78, 5) is 17.6. The average molecular weight is 532 g/mol. The van der Waals surface area contributed by atoms with Crippen LogP contribution in [0.1, 0.15) is 19.8 Å². The first-order valence-electron chi connectivity index (χ1n) is 11.1. The number of anilines is 1. The molecule has 5 rings (SSSR count). The van der Waals surface area contributed by atoms with Gasteiger partial charge in [-0.25, -0.2) is 13.4 Å². The lowest BCUT2D eigenvalue weighted by Gasteiger charge is -2.23. The summed E-state index contributed by atoms with van der Waals surface area (Å²) in [6.45, 7) is 2.70. The topological polar surface area (TPSA) is 102 Å². The third-order valence-corrected chi connectivity index (χ3v) is 8.65. The number of rotatable bonds is 7. The number of ether oxygens (including phenoxy) is 1. The molecule has 1 aliphatic heterocycles. The van der Waals surface area contributed by atoms with E-state index in [1.165, 1.54) is 39.9 Å². The molecule has 11 heteroatoms. The lowest BCUT2D eigenvalue weighted by atomic mass is 10.2. The van der Waals surface area contributed by atoms with Crippen LogP contribution in [0.3, 0.4) is 0 Å². The largest absolute Gasteiger partial charge is 0.490 e. The fraction of sp³-hybridized carbons (Fsp3) is 0.250. The third kappa shape index (κ3) is 4.66. The van der Waals surface area contributed by atoms with Crippen molar-refractivity contribution in [3.05, 3.63) is 58.9 Å². The summed E-state index contributed by atoms with van der Waals surface area (Å²) in [6, 6.07) is 12.7. The van der Waals surface area contributed by atoms with E-state index in [4.69, 9.17) is 20.8 Å². The van der Waals surface area contributed by atoms with E-state index in [-0.39, 0.29) is 11.4 Å². The number of nitrogens with zero attached hydrogens (tertiary/aromatic N) is 2. The predicted molar refractivity (Wildman–Crippen MR) is 135 cm³/mol. The smallest absolute Gasteiger partial charge is 0.244 e. The minimum atomic E-state index is -3.83. The zero-order valence-electron chi connectivity index (χ0n) is 18.7. The van der Waals surface area contributed by atoms with E-state index in [9.17, 15) is 13.2 Å². The summed E-state index contributed by atoms with van der Waals surface area (Å²) >= 11 is 7.14. The number of halogens is 1. The first kappa shape index (κ1) is 23.8. The lowest BCUT2D eigenvalue weighted by molar-refractivity contribution is -0.119. The molecule has 1 saturated heterocycles. The maximum absolute atomic E-state index is 13.1. The number of carbonyl (C=O) groups excluding carboxylic acids is 1. The average Bonchev–Trinajstić information content (AvgIpc) is 3.59. The summed E-state index contributed by atoms with van der Waals surface area (Å²) in [5.74, 6) is 0.795. The molecule has 2 aromatic heterocycles. The van der Waals surface area contributed by atoms with E-state index in [2.05, 4.69) is 10.3 Å². The number of furan rings is 1. The molecular formula is C24H22ClN3O5S2. The number of sulfonamides is 1. The van der Waals surface area contributed by atoms with Gasteiger partial charge in [0.1, 0.15) is 11.7 Å². The van der Waals surface area contributed by atoms with E-state index < -0.39 is 22.0 Å². The standard InChI is InChI=1S/C24H22ClN3O5S2/c1-2-32-20-7-3-5-15-13-21(33-22(15)20)18-14-34-24(26-18)27-23(29)19-6-4-12-28(19)35(30,31)17-10-8-16(25)9-11-17/h3,5,7-11,13-14,19H,2,4,6,12H2,1H3,(H,26,27,29). The number of nitrogens with one attached hydrogen (secondary N) is 1. The number of amides is 1. The van der Waals surface area contributed by atoms with Crippen molar-refractivity contribution in [3.63, 3.8) is 0 Å². The van der Waals surface area contributed by atoms with Crippen LogP contribution in [0.15, 0.2) is 63.2 Å². The van der Waals surface area contributed by atoms with Crippen LogP contribution >= 0.6 is 22.9 Å². The van der Waals surface area contributed by atoms with Crippen LogP contribution in [0.4, 0.5) is 5.13 Å². The Kier molecular flexibility index (Phi) is 6.54. The minimum Gasteiger partial charge on any atom is -0.490 e. The molecule has 0 aliphatic carbocycles. The Morgan fingerprint density at radius 3 is 2.86 bits per heavy atom. The second-order valence-electron chi connectivity index (χ2n) is 7.97. The molecule has 1 fully saturated rings. The van der Waals surface area contributed by atoms with E-state index in [0.717, 1.165) is 5.39 Å². The summed E-state index contributed by atoms with van der Waals surface area (Å²) in [5, 5.41) is 6.26. The van der Waals surface area contributed by atoms with Crippen molar-refractivity contribution in [2.75, 3.05) is 18.5 Å². The van der Waals surface area contributed by atoms with Gasteiger partial charge in [0, 0.05) is 22.3 Å². The second-order valence-corrected chi connectivity index (χ2v) is 11.2. The molecule has 0 saturated carbocycles. The Bertz CT molecular complexity index is 1480. The normalized spacial score (nSPS) is 16.6. The SMILES string of the molecule is CCOc1cccc2cc(-c3csc(NC(=O)C4CCCN4S(=O)(=O)c4ccc(Cl)cc4)n3)oc12. The van der Waals surface area contributed by atoms with Crippen molar-refractivity contribution in [2.45, 2.75) is 30.7 Å². The highest BCUT2D eigenvalue weighted by Gasteiger charge is 2.39. The molecule has 182 valence electrons. The molecule has 1 N–H and O–H groups in total. The number of fused-ring (bicyclic) bond motifs is 1. The van der Waals surface area contributed by atoms with Gasteiger partial charge in [0.05, 0.1) is 11.5 Å². The van der Waals surface area contributed by atoms with Gasteiger partial charge in [0.25, 0.3) is 0 Å². The molecule has 1 unspecified atom stereocenters. The molecule has 1 atom stereocenters. The van der Waals surface area contributed by atoms with Crippen LogP contribution in [0, 0.1) is 0 Å². The van der Waals surface area contributed by atoms with Gasteiger partial charge in [-0.3, -0.25) is 4.79 Å². The summed E-state index contributed by atoms with van der Waals surface area (Å²) < 4.78 is 39.1. The highest BCUT2D eigenvalue weighted by molar-refractivity contribution is 7.89. The van der Waals surface area contributed by atoms with Crippen molar-refractivity contribution in [2.24, 2.45) is 0 Å². The second kappa shape index (κ2) is 9.62. The van der Waals surface area contributed by atoms with Gasteiger partial charge in [-0.05, 0) is 56.2 Å². The number of thiazole rings is 1. The van der Waals surface area contributed by atoms with Crippen molar-refractivity contribution in [1.82, 2.24) is 9.29 Å². The fourth-order valence-corrected chi connectivity index (χ4v) is 6.58. The lowest BCUT2D eigenvalue weighted by Crippen LogP contribution is -2.43. The van der Waals surface area contributed by atoms with Crippen LogP contribution in [-0.4, -0.2) is 42.8 Å². The molecular weight excluding hydrogens is 510 g/mol. The Morgan fingerprint density at radius 1 is 1.29 bits per heavy atom. The van der Waals surface area contributed by atoms with Crippen LogP contribution in [0.5, 0.6) is 5.75 Å². The van der Waals surface area contributed by atoms with E-state index in [0.29, 0.717) is 52.4 Å². The summed E-state index contributed by atoms with van der Waals surface area (Å²) in [7, 11) is -3.83. The van der Waals surface area contributed by atoms with Crippen LogP contribution in [0.2, 0.25) is 5.02 Å². The quantitative estimate of drug-likeness (QED) is 0.342. The first-order chi connectivity index (χ1) is 16.9. The number of aromatic nitrogens is 1. The minimum absolute atomic E-state index is 0.106. The Labute approximate surface area is 211 Å². The van der Waals surface area contributed by atoms with Crippen LogP contribution < -0.4 is 10.1 Å². The molecule has 0 spiro atoms. The zero-order valence-corrected chi connectivity index (χ0v) is 21.1. The molecule has 1 amide bonds. The number of benzene rings is 2. The Hall–Kier alpha value is -2.92. The van der Waals surface area contributed by atoms with Crippen molar-refractivity contribution in [1.29, 1.82) is 0 Å². The number of para-hydroxylation sites is 1. The zero-order chi connectivity index (χ0) is 24.6. The Morgan fingerprint density at radius 2 is 2.09 bits per heavy atom. The van der Waals surface area contributed by atoms with Gasteiger partial charge in [0.15, 0.2) is 22.2 Å². The van der Waals surface area contributed by atoms with Crippen LogP contribution in [-0.2, 0) is 14.8 Å². The molecule has 3 heterocycles. The number of hydrogen-bond donors (Lipinski definition) is 1. The molecule has 1 aliphatic rings. The van der Waals surface area contributed by atoms with E-state index in [1.54, 1.807) is 5.38 Å². The monoisotopic (exact) mass is 531 g/mol. The maximum atomic E-state index is 13.1. The van der Waals surface area contributed by atoms with Gasteiger partial charge in [-0.15, -0.1) is 11.3 Å². The summed E-state index contributed by atoms with van der Waals surface area (Å²) in [6.07, 6.45) is 1.02. The number of hydrogen-bond acceptors (Lipinski definition) is 7. The van der Waals surface area contributed by atoms with Gasteiger partial charge in [-0.2, -0.15) is 4.31 Å². The third-order valence-electron chi connectivity index (χ3n) is 5.72. The maximum Gasteiger partial charge on any atom is 0.244 e. The van der Waals surface area contributed by atoms with Crippen molar-refractivity contribution < 1.29 is 22.4 Å². The molecule has 4 aromatic rings. The first-order valence-corrected chi connectivity index (χ1v) is 13.8. The molecule has 0 radical (unpaired) electrons. The van der Waals surface area contributed by atoms with Gasteiger partial charge < -0.3 is 14.5 Å². The van der Waals surface area contributed by atoms with Gasteiger partial charge in [-0.1, -0.05) is 23.7 Å². The van der Waals surface area contributed by atoms with Gasteiger partial charge in [0.2, 0.25) is 15.9 Å². The van der Waals surface area contributed by atoms with Crippen molar-refractivity contribution >= 4 is 55.0 Å². The highest BCUT2D eigenvalue weighted by Crippen LogP contribution is 2.35. The predicted octanol–water partition coefficient (Wildman–Crippen LogP) is 5.40. The fourth-order valence-electron chi connectivity index (χ4n) is 4.10. The van der Waals surface area contributed by atoms with Gasteiger partial charge >= 0.3 is 0 Å².